The quantitative estimate of drug-likeness (QED) is 0.265. The molecule has 0 radical (unpaired) electrons. The average molecular weight is 518 g/mol. The molecule has 4 rings (SSSR count). The molecule has 0 spiro atoms. The molecule has 184 valence electrons. The minimum atomic E-state index is -3.03. The van der Waals surface area contributed by atoms with E-state index in [-0.39, 0.29) is 32.5 Å². The van der Waals surface area contributed by atoms with Crippen molar-refractivity contribution in [2.24, 2.45) is 0 Å². The Bertz CT molecular complexity index is 1380. The third-order valence-electron chi connectivity index (χ3n) is 5.44. The molecule has 0 saturated heterocycles. The van der Waals surface area contributed by atoms with Gasteiger partial charge in [0.1, 0.15) is 11.5 Å². The van der Waals surface area contributed by atoms with E-state index in [2.05, 4.69) is 25.5 Å². The SMILES string of the molecule is CNCc1ccc(-c2nnc(-c3nc(-c4ccc(S(O)(O)C(C)C)c(Cl)c4)cnc3C)o2)c(F)c1. The van der Waals surface area contributed by atoms with Crippen molar-refractivity contribution in [2.45, 2.75) is 37.5 Å². The zero-order chi connectivity index (χ0) is 25.3. The summed E-state index contributed by atoms with van der Waals surface area (Å²) in [5.74, 6) is -0.333. The lowest BCUT2D eigenvalue weighted by Crippen LogP contribution is -2.11. The molecule has 4 aromatic rings. The third kappa shape index (κ3) is 5.07. The Morgan fingerprint density at radius 3 is 2.51 bits per heavy atom. The van der Waals surface area contributed by atoms with Crippen LogP contribution in [0.15, 0.2) is 51.9 Å². The summed E-state index contributed by atoms with van der Waals surface area (Å²) in [7, 11) is -1.25. The number of rotatable bonds is 7. The van der Waals surface area contributed by atoms with Crippen LogP contribution in [-0.4, -0.2) is 41.6 Å². The van der Waals surface area contributed by atoms with E-state index in [4.69, 9.17) is 16.0 Å². The standard InChI is InChI=1S/C24H25ClFN5O3S/c1-13(2)35(32,33)21-8-6-16(10-18(21)25)20-12-28-14(3)22(29-20)24-31-30-23(34-24)17-7-5-15(11-27-4)9-19(17)26/h5-10,12-13,27,32-33H,11H2,1-4H3. The lowest BCUT2D eigenvalue weighted by Gasteiger charge is -2.37. The van der Waals surface area contributed by atoms with Crippen LogP contribution < -0.4 is 5.32 Å². The van der Waals surface area contributed by atoms with Gasteiger partial charge in [-0.25, -0.2) is 9.37 Å². The first-order chi connectivity index (χ1) is 16.6. The van der Waals surface area contributed by atoms with Crippen LogP contribution >= 0.6 is 22.2 Å². The Hall–Kier alpha value is -2.89. The van der Waals surface area contributed by atoms with E-state index in [1.165, 1.54) is 6.07 Å². The molecule has 3 N–H and O–H groups in total. The predicted molar refractivity (Wildman–Crippen MR) is 135 cm³/mol. The van der Waals surface area contributed by atoms with Crippen LogP contribution in [0.5, 0.6) is 0 Å². The average Bonchev–Trinajstić information content (AvgIpc) is 3.29. The van der Waals surface area contributed by atoms with Crippen LogP contribution in [0.4, 0.5) is 4.39 Å². The van der Waals surface area contributed by atoms with Crippen LogP contribution in [0.3, 0.4) is 0 Å². The summed E-state index contributed by atoms with van der Waals surface area (Å²) in [6.07, 6.45) is 1.57. The fourth-order valence-corrected chi connectivity index (χ4v) is 5.07. The largest absolute Gasteiger partial charge is 0.414 e. The number of halogens is 2. The molecule has 2 aromatic heterocycles. The van der Waals surface area contributed by atoms with Gasteiger partial charge in [-0.1, -0.05) is 23.7 Å². The summed E-state index contributed by atoms with van der Waals surface area (Å²) in [6, 6.07) is 9.69. The highest BCUT2D eigenvalue weighted by molar-refractivity contribution is 8.24. The van der Waals surface area contributed by atoms with Gasteiger partial charge in [0, 0.05) is 17.4 Å². The third-order valence-corrected chi connectivity index (χ3v) is 8.18. The zero-order valence-electron chi connectivity index (χ0n) is 19.6. The highest BCUT2D eigenvalue weighted by atomic mass is 35.5. The number of nitrogens with zero attached hydrogens (tertiary/aromatic N) is 4. The van der Waals surface area contributed by atoms with E-state index in [1.807, 2.05) is 0 Å². The smallest absolute Gasteiger partial charge is 0.268 e. The van der Waals surface area contributed by atoms with Gasteiger partial charge < -0.3 is 9.73 Å². The molecule has 0 fully saturated rings. The Balaban J connectivity index is 1.68. The van der Waals surface area contributed by atoms with Gasteiger partial charge in [-0.05, 0) is 57.6 Å². The van der Waals surface area contributed by atoms with Crippen molar-refractivity contribution in [1.82, 2.24) is 25.5 Å². The summed E-state index contributed by atoms with van der Waals surface area (Å²) in [5, 5.41) is 10.9. The molecule has 8 nitrogen and oxygen atoms in total. The highest BCUT2D eigenvalue weighted by Crippen LogP contribution is 2.55. The van der Waals surface area contributed by atoms with E-state index in [0.717, 1.165) is 5.56 Å². The second kappa shape index (κ2) is 10.00. The molecule has 2 heterocycles. The number of benzene rings is 2. The van der Waals surface area contributed by atoms with Gasteiger partial charge in [0.15, 0.2) is 0 Å². The normalized spacial score (nSPS) is 12.4. The Morgan fingerprint density at radius 1 is 1.11 bits per heavy atom. The van der Waals surface area contributed by atoms with Crippen molar-refractivity contribution in [2.75, 3.05) is 7.05 Å². The van der Waals surface area contributed by atoms with E-state index in [1.54, 1.807) is 64.3 Å². The maximum Gasteiger partial charge on any atom is 0.268 e. The maximum absolute atomic E-state index is 14.6. The zero-order valence-corrected chi connectivity index (χ0v) is 21.2. The first kappa shape index (κ1) is 25.2. The Kier molecular flexibility index (Phi) is 7.20. The van der Waals surface area contributed by atoms with Crippen LogP contribution in [0.2, 0.25) is 5.02 Å². The summed E-state index contributed by atoms with van der Waals surface area (Å²) < 4.78 is 41.3. The molecular formula is C24H25ClFN5O3S. The van der Waals surface area contributed by atoms with Crippen molar-refractivity contribution >= 4 is 22.2 Å². The summed E-state index contributed by atoms with van der Waals surface area (Å²) in [4.78, 5) is 9.28. The lowest BCUT2D eigenvalue weighted by atomic mass is 10.1. The predicted octanol–water partition coefficient (Wildman–Crippen LogP) is 6.20. The second-order valence-corrected chi connectivity index (χ2v) is 11.2. The van der Waals surface area contributed by atoms with Gasteiger partial charge in [-0.2, -0.15) is 10.6 Å². The van der Waals surface area contributed by atoms with Crippen LogP contribution in [0.1, 0.15) is 25.1 Å². The van der Waals surface area contributed by atoms with Crippen LogP contribution in [0.25, 0.3) is 34.3 Å². The van der Waals surface area contributed by atoms with Crippen molar-refractivity contribution in [3.63, 3.8) is 0 Å². The number of aryl methyl sites for hydroxylation is 1. The molecule has 35 heavy (non-hydrogen) atoms. The van der Waals surface area contributed by atoms with Crippen molar-refractivity contribution in [3.05, 3.63) is 64.7 Å². The molecule has 0 amide bonds. The summed E-state index contributed by atoms with van der Waals surface area (Å²) in [6.45, 7) is 5.73. The number of aromatic nitrogens is 4. The van der Waals surface area contributed by atoms with Crippen molar-refractivity contribution < 1.29 is 17.9 Å². The van der Waals surface area contributed by atoms with Crippen LogP contribution in [0, 0.1) is 12.7 Å². The fourth-order valence-electron chi connectivity index (χ4n) is 3.42. The second-order valence-electron chi connectivity index (χ2n) is 8.23. The van der Waals surface area contributed by atoms with Gasteiger partial charge in [-0.3, -0.25) is 14.1 Å². The lowest BCUT2D eigenvalue weighted by molar-refractivity contribution is 0.476. The topological polar surface area (TPSA) is 117 Å². The first-order valence-corrected chi connectivity index (χ1v) is 12.8. The monoisotopic (exact) mass is 517 g/mol. The van der Waals surface area contributed by atoms with Gasteiger partial charge in [0.25, 0.3) is 11.8 Å². The van der Waals surface area contributed by atoms with Gasteiger partial charge in [0.2, 0.25) is 0 Å². The Labute approximate surface area is 209 Å². The molecular weight excluding hydrogens is 493 g/mol. The summed E-state index contributed by atoms with van der Waals surface area (Å²) in [5.41, 5.74) is 2.98. The van der Waals surface area contributed by atoms with Gasteiger partial charge in [0.05, 0.1) is 33.1 Å². The number of nitrogens with one attached hydrogen (secondary N) is 1. The van der Waals surface area contributed by atoms with E-state index >= 15 is 0 Å². The molecule has 2 aromatic carbocycles. The fraction of sp³-hybridized carbons (Fsp3) is 0.250. The van der Waals surface area contributed by atoms with E-state index in [0.29, 0.717) is 29.2 Å². The van der Waals surface area contributed by atoms with Crippen LogP contribution in [-0.2, 0) is 6.54 Å². The minimum Gasteiger partial charge on any atom is -0.414 e. The molecule has 0 bridgehead atoms. The minimum absolute atomic E-state index is 0.0337. The van der Waals surface area contributed by atoms with Crippen molar-refractivity contribution in [3.8, 4) is 34.3 Å². The molecule has 0 atom stereocenters. The maximum atomic E-state index is 14.6. The van der Waals surface area contributed by atoms with Gasteiger partial charge >= 0.3 is 0 Å². The molecule has 0 aliphatic rings. The molecule has 0 aliphatic heterocycles. The van der Waals surface area contributed by atoms with E-state index < -0.39 is 16.4 Å². The summed E-state index contributed by atoms with van der Waals surface area (Å²) >= 11 is 6.39. The van der Waals surface area contributed by atoms with Crippen molar-refractivity contribution in [1.29, 1.82) is 0 Å². The molecule has 11 heteroatoms. The molecule has 0 aliphatic carbocycles. The van der Waals surface area contributed by atoms with Gasteiger partial charge in [-0.15, -0.1) is 10.2 Å². The molecule has 0 saturated carbocycles. The number of hydrogen-bond donors (Lipinski definition) is 3. The van der Waals surface area contributed by atoms with E-state index in [9.17, 15) is 13.5 Å². The molecule has 0 unspecified atom stereocenters. The first-order valence-electron chi connectivity index (χ1n) is 10.8. The Morgan fingerprint density at radius 2 is 1.86 bits per heavy atom. The highest BCUT2D eigenvalue weighted by Gasteiger charge is 2.24. The number of hydrogen-bond acceptors (Lipinski definition) is 8.